The van der Waals surface area contributed by atoms with Crippen molar-refractivity contribution >= 4 is 23.1 Å². The molecule has 6 heteroatoms. The van der Waals surface area contributed by atoms with Gasteiger partial charge < -0.3 is 5.32 Å². The second-order valence-electron chi connectivity index (χ2n) is 7.87. The fourth-order valence-electron chi connectivity index (χ4n) is 3.93. The fraction of sp³-hybridized carbons (Fsp3) is 0.192. The number of nitrogens with zero attached hydrogens (tertiary/aromatic N) is 2. The third-order valence-electron chi connectivity index (χ3n) is 5.72. The maximum Gasteiger partial charge on any atom is 0.227 e. The molecule has 0 saturated carbocycles. The summed E-state index contributed by atoms with van der Waals surface area (Å²) in [5.41, 5.74) is 3.93. The molecule has 1 aromatic heterocycles. The van der Waals surface area contributed by atoms with Gasteiger partial charge in [-0.25, -0.2) is 18.7 Å². The molecule has 32 heavy (non-hydrogen) atoms. The van der Waals surface area contributed by atoms with Gasteiger partial charge in [-0.1, -0.05) is 49.8 Å². The highest BCUT2D eigenvalue weighted by Gasteiger charge is 2.18. The van der Waals surface area contributed by atoms with Crippen molar-refractivity contribution in [1.29, 1.82) is 0 Å². The summed E-state index contributed by atoms with van der Waals surface area (Å²) in [6.45, 7) is 6.41. The van der Waals surface area contributed by atoms with Gasteiger partial charge in [-0.3, -0.25) is 4.79 Å². The third-order valence-corrected chi connectivity index (χ3v) is 5.72. The summed E-state index contributed by atoms with van der Waals surface area (Å²) < 4.78 is 29.4. The van der Waals surface area contributed by atoms with Crippen LogP contribution in [0.2, 0.25) is 0 Å². The van der Waals surface area contributed by atoms with Crippen LogP contribution < -0.4 is 5.32 Å². The molecule has 1 unspecified atom stereocenters. The SMILES string of the molecule is CC/C(C)=C1\C=CC(Nc2ncc3cccc(-c4c(F)cc(C=O)cc4F)c3n2)=CC1C. The number of hydrogen-bond donors (Lipinski definition) is 1. The van der Waals surface area contributed by atoms with Crippen molar-refractivity contribution in [2.45, 2.75) is 27.2 Å². The molecule has 2 aromatic carbocycles. The molecule has 1 atom stereocenters. The first-order valence-corrected chi connectivity index (χ1v) is 10.5. The molecule has 4 rings (SSSR count). The maximum absolute atomic E-state index is 14.7. The van der Waals surface area contributed by atoms with Crippen LogP contribution in [0.4, 0.5) is 14.7 Å². The lowest BCUT2D eigenvalue weighted by Gasteiger charge is -2.19. The van der Waals surface area contributed by atoms with Gasteiger partial charge in [0.25, 0.3) is 0 Å². The van der Waals surface area contributed by atoms with E-state index in [4.69, 9.17) is 0 Å². The number of para-hydroxylation sites is 1. The summed E-state index contributed by atoms with van der Waals surface area (Å²) in [4.78, 5) is 19.8. The molecular weight excluding hydrogens is 408 g/mol. The van der Waals surface area contributed by atoms with Gasteiger partial charge in [0, 0.05) is 34.3 Å². The molecule has 4 nitrogen and oxygen atoms in total. The Morgan fingerprint density at radius 3 is 2.59 bits per heavy atom. The van der Waals surface area contributed by atoms with Crippen LogP contribution >= 0.6 is 0 Å². The Kier molecular flexibility index (Phi) is 5.95. The Labute approximate surface area is 185 Å². The van der Waals surface area contributed by atoms with E-state index >= 15 is 0 Å². The molecule has 0 radical (unpaired) electrons. The van der Waals surface area contributed by atoms with Crippen molar-refractivity contribution in [3.05, 3.63) is 88.8 Å². The maximum atomic E-state index is 14.7. The molecule has 3 aromatic rings. The standard InChI is InChI=1S/C26H23F2N3O/c1-4-15(2)20-9-8-19(10-16(20)3)30-26-29-13-18-6-5-7-21(25(18)31-26)24-22(27)11-17(14-32)12-23(24)28/h5-14,16H,4H2,1-3H3,(H,29,30,31)/b20-15+. The van der Waals surface area contributed by atoms with E-state index in [-0.39, 0.29) is 17.0 Å². The van der Waals surface area contributed by atoms with Gasteiger partial charge in [0.15, 0.2) is 0 Å². The summed E-state index contributed by atoms with van der Waals surface area (Å²) in [5, 5.41) is 3.85. The Bertz CT molecular complexity index is 1280. The number of benzene rings is 2. The minimum Gasteiger partial charge on any atom is -0.324 e. The highest BCUT2D eigenvalue weighted by atomic mass is 19.1. The lowest BCUT2D eigenvalue weighted by atomic mass is 9.90. The van der Waals surface area contributed by atoms with E-state index in [0.717, 1.165) is 24.3 Å². The van der Waals surface area contributed by atoms with Gasteiger partial charge in [0.1, 0.15) is 17.9 Å². The third kappa shape index (κ3) is 4.08. The Morgan fingerprint density at radius 2 is 1.94 bits per heavy atom. The van der Waals surface area contributed by atoms with Crippen LogP contribution in [0.15, 0.2) is 71.6 Å². The predicted octanol–water partition coefficient (Wildman–Crippen LogP) is 6.62. The average Bonchev–Trinajstić information content (AvgIpc) is 2.78. The van der Waals surface area contributed by atoms with E-state index in [1.807, 2.05) is 6.08 Å². The zero-order valence-corrected chi connectivity index (χ0v) is 18.1. The van der Waals surface area contributed by atoms with E-state index < -0.39 is 11.6 Å². The van der Waals surface area contributed by atoms with Gasteiger partial charge in [-0.05, 0) is 37.1 Å². The van der Waals surface area contributed by atoms with Crippen molar-refractivity contribution in [3.63, 3.8) is 0 Å². The number of hydrogen-bond acceptors (Lipinski definition) is 4. The zero-order valence-electron chi connectivity index (χ0n) is 18.1. The van der Waals surface area contributed by atoms with Crippen molar-refractivity contribution in [3.8, 4) is 11.1 Å². The molecule has 0 bridgehead atoms. The molecular formula is C26H23F2N3O. The number of allylic oxidation sites excluding steroid dienone is 5. The summed E-state index contributed by atoms with van der Waals surface area (Å²) >= 11 is 0. The number of aldehydes is 1. The van der Waals surface area contributed by atoms with Gasteiger partial charge in [0.05, 0.1) is 11.1 Å². The number of aromatic nitrogens is 2. The quantitative estimate of drug-likeness (QED) is 0.462. The molecule has 1 aliphatic carbocycles. The van der Waals surface area contributed by atoms with E-state index in [0.29, 0.717) is 28.7 Å². The van der Waals surface area contributed by atoms with Crippen LogP contribution in [0, 0.1) is 17.6 Å². The van der Waals surface area contributed by atoms with Gasteiger partial charge in [-0.2, -0.15) is 0 Å². The van der Waals surface area contributed by atoms with Crippen LogP contribution in [0.3, 0.4) is 0 Å². The predicted molar refractivity (Wildman–Crippen MR) is 123 cm³/mol. The number of nitrogens with one attached hydrogen (secondary N) is 1. The Balaban J connectivity index is 1.74. The molecule has 1 N–H and O–H groups in total. The first-order chi connectivity index (χ1) is 15.4. The van der Waals surface area contributed by atoms with Crippen molar-refractivity contribution in [2.75, 3.05) is 5.32 Å². The Hall–Kier alpha value is -3.67. The number of fused-ring (bicyclic) bond motifs is 1. The summed E-state index contributed by atoms with van der Waals surface area (Å²) in [5.74, 6) is -1.05. The number of carbonyl (C=O) groups is 1. The molecule has 1 aliphatic rings. The van der Waals surface area contributed by atoms with Crippen LogP contribution in [-0.4, -0.2) is 16.3 Å². The minimum atomic E-state index is -0.815. The van der Waals surface area contributed by atoms with Gasteiger partial charge >= 0.3 is 0 Å². The molecule has 0 aliphatic heterocycles. The molecule has 0 fully saturated rings. The lowest BCUT2D eigenvalue weighted by Crippen LogP contribution is -2.09. The van der Waals surface area contributed by atoms with E-state index in [9.17, 15) is 13.6 Å². The molecule has 0 saturated heterocycles. The first-order valence-electron chi connectivity index (χ1n) is 10.5. The highest BCUT2D eigenvalue weighted by Crippen LogP contribution is 2.33. The number of halogens is 2. The van der Waals surface area contributed by atoms with E-state index in [2.05, 4.69) is 48.2 Å². The zero-order chi connectivity index (χ0) is 22.8. The van der Waals surface area contributed by atoms with Crippen LogP contribution in [0.1, 0.15) is 37.6 Å². The number of anilines is 1. The largest absolute Gasteiger partial charge is 0.324 e. The second kappa shape index (κ2) is 8.83. The molecule has 0 amide bonds. The number of carbonyl (C=O) groups excluding carboxylic acids is 1. The summed E-state index contributed by atoms with van der Waals surface area (Å²) in [6, 6.07) is 7.12. The average molecular weight is 431 g/mol. The monoisotopic (exact) mass is 431 g/mol. The summed E-state index contributed by atoms with van der Waals surface area (Å²) in [6.07, 6.45) is 9.21. The molecule has 0 spiro atoms. The smallest absolute Gasteiger partial charge is 0.227 e. The number of rotatable bonds is 5. The van der Waals surface area contributed by atoms with Gasteiger partial charge in [0.2, 0.25) is 5.95 Å². The topological polar surface area (TPSA) is 54.9 Å². The molecule has 1 heterocycles. The highest BCUT2D eigenvalue weighted by molar-refractivity contribution is 5.94. The van der Waals surface area contributed by atoms with Crippen LogP contribution in [0.25, 0.3) is 22.0 Å². The molecule has 162 valence electrons. The Morgan fingerprint density at radius 1 is 1.19 bits per heavy atom. The fourth-order valence-corrected chi connectivity index (χ4v) is 3.93. The first kappa shape index (κ1) is 21.6. The van der Waals surface area contributed by atoms with E-state index in [1.165, 1.54) is 11.1 Å². The van der Waals surface area contributed by atoms with Crippen molar-refractivity contribution < 1.29 is 13.6 Å². The second-order valence-corrected chi connectivity index (χ2v) is 7.87. The van der Waals surface area contributed by atoms with Gasteiger partial charge in [-0.15, -0.1) is 0 Å². The minimum absolute atomic E-state index is 0.0576. The normalized spacial score (nSPS) is 17.3. The lowest BCUT2D eigenvalue weighted by molar-refractivity contribution is 0.112. The van der Waals surface area contributed by atoms with Crippen LogP contribution in [0.5, 0.6) is 0 Å². The summed E-state index contributed by atoms with van der Waals surface area (Å²) in [7, 11) is 0. The van der Waals surface area contributed by atoms with E-state index in [1.54, 1.807) is 24.4 Å². The van der Waals surface area contributed by atoms with Crippen LogP contribution in [-0.2, 0) is 0 Å². The van der Waals surface area contributed by atoms with Crippen molar-refractivity contribution in [1.82, 2.24) is 9.97 Å². The van der Waals surface area contributed by atoms with Crippen molar-refractivity contribution in [2.24, 2.45) is 5.92 Å².